The molecule has 1 rings (SSSR count). The molecule has 1 saturated carbocycles. The molecular weight excluding hydrogens is 626 g/mol. The van der Waals surface area contributed by atoms with Gasteiger partial charge in [0.05, 0.1) is 0 Å². The first kappa shape index (κ1) is 24.7. The topological polar surface area (TPSA) is 0 Å². The predicted octanol–water partition coefficient (Wildman–Crippen LogP) is 7.39. The van der Waals surface area contributed by atoms with Gasteiger partial charge in [0.15, 0.2) is 0 Å². The van der Waals surface area contributed by atoms with Crippen LogP contribution in [0.5, 0.6) is 0 Å². The second-order valence-corrected chi connectivity index (χ2v) is 8.91. The van der Waals surface area contributed by atoms with Crippen molar-refractivity contribution in [3.63, 3.8) is 0 Å². The number of halogens is 14. The summed E-state index contributed by atoms with van der Waals surface area (Å²) in [7, 11) is 0. The van der Waals surface area contributed by atoms with Gasteiger partial charge >= 0.3 is 31.5 Å². The lowest BCUT2D eigenvalue weighted by atomic mass is 9.74. The maximum Gasteiger partial charge on any atom is 0.438 e. The van der Waals surface area contributed by atoms with Gasteiger partial charge in [0.2, 0.25) is 0 Å². The largest absolute Gasteiger partial charge is 0.438 e. The molecule has 0 aromatic heterocycles. The molecule has 26 heavy (non-hydrogen) atoms. The first-order chi connectivity index (χ1) is 11.2. The van der Waals surface area contributed by atoms with Crippen LogP contribution in [0, 0.1) is 11.8 Å². The van der Waals surface area contributed by atoms with Gasteiger partial charge in [-0.25, -0.2) is 26.3 Å². The highest BCUT2D eigenvalue weighted by Gasteiger charge is 2.74. The molecule has 0 radical (unpaired) electrons. The first-order valence-corrected chi connectivity index (χ1v) is 9.01. The first-order valence-electron chi connectivity index (χ1n) is 6.86. The van der Waals surface area contributed by atoms with Gasteiger partial charge < -0.3 is 0 Å². The summed E-state index contributed by atoms with van der Waals surface area (Å²) in [6.45, 7) is 0. The van der Waals surface area contributed by atoms with Gasteiger partial charge in [0.25, 0.3) is 0 Å². The predicted molar refractivity (Wildman–Crippen MR) is 83.2 cm³/mol. The smallest absolute Gasteiger partial charge is 0.215 e. The van der Waals surface area contributed by atoms with E-state index in [1.165, 1.54) is 0 Å². The van der Waals surface area contributed by atoms with Crippen molar-refractivity contribution in [2.75, 3.05) is 0 Å². The molecule has 1 fully saturated rings. The van der Waals surface area contributed by atoms with Crippen LogP contribution in [-0.2, 0) is 0 Å². The van der Waals surface area contributed by atoms with Crippen LogP contribution in [0.1, 0.15) is 25.7 Å². The monoisotopic (exact) mass is 636 g/mol. The minimum atomic E-state index is -5.95. The molecule has 2 atom stereocenters. The Morgan fingerprint density at radius 2 is 0.654 bits per heavy atom. The Morgan fingerprint density at radius 1 is 0.462 bits per heavy atom. The highest BCUT2D eigenvalue weighted by atomic mass is 127. The molecule has 0 amide bonds. The summed E-state index contributed by atoms with van der Waals surface area (Å²) in [4.78, 5) is 0. The Hall–Kier alpha value is 0.620. The van der Waals surface area contributed by atoms with Crippen molar-refractivity contribution in [1.82, 2.24) is 0 Å². The zero-order valence-electron chi connectivity index (χ0n) is 12.3. The lowest BCUT2D eigenvalue weighted by Crippen LogP contribution is -2.57. The van der Waals surface area contributed by atoms with Crippen molar-refractivity contribution >= 4 is 45.2 Å². The fourth-order valence-corrected chi connectivity index (χ4v) is 3.59. The van der Waals surface area contributed by atoms with E-state index >= 15 is 0 Å². The van der Waals surface area contributed by atoms with Crippen LogP contribution in [-0.4, -0.2) is 31.5 Å². The zero-order chi connectivity index (χ0) is 21.0. The van der Waals surface area contributed by atoms with Crippen LogP contribution in [0.4, 0.5) is 52.7 Å². The molecule has 0 aromatic carbocycles. The second kappa shape index (κ2) is 7.15. The SMILES string of the molecule is FC(F)(F)C(F)(I)C(F)(F)C1CCC(C(F)(F)C(F)(I)C(F)(F)F)CC1. The molecule has 14 heteroatoms. The lowest BCUT2D eigenvalue weighted by molar-refractivity contribution is -0.281. The van der Waals surface area contributed by atoms with E-state index in [1.807, 2.05) is 0 Å². The summed E-state index contributed by atoms with van der Waals surface area (Å²) in [5.74, 6) is -14.6. The van der Waals surface area contributed by atoms with Gasteiger partial charge in [-0.1, -0.05) is 0 Å². The highest BCUT2D eigenvalue weighted by Crippen LogP contribution is 2.59. The minimum absolute atomic E-state index is 0.127. The van der Waals surface area contributed by atoms with Gasteiger partial charge in [-0.3, -0.25) is 0 Å². The van der Waals surface area contributed by atoms with E-state index < -0.39 is 69.1 Å². The van der Waals surface area contributed by atoms with Crippen molar-refractivity contribution in [3.05, 3.63) is 0 Å². The average Bonchev–Trinajstić information content (AvgIpc) is 2.44. The maximum absolute atomic E-state index is 13.9. The van der Waals surface area contributed by atoms with E-state index in [2.05, 4.69) is 0 Å². The van der Waals surface area contributed by atoms with Crippen LogP contribution in [0.15, 0.2) is 0 Å². The van der Waals surface area contributed by atoms with Crippen LogP contribution >= 0.6 is 45.2 Å². The van der Waals surface area contributed by atoms with Gasteiger partial charge in [-0.2, -0.15) is 26.3 Å². The Balaban J connectivity index is 2.97. The number of alkyl halides is 14. The molecule has 0 saturated heterocycles. The molecule has 0 nitrogen and oxygen atoms in total. The highest BCUT2D eigenvalue weighted by molar-refractivity contribution is 14.1. The number of hydrogen-bond acceptors (Lipinski definition) is 0. The molecule has 2 unspecified atom stereocenters. The third kappa shape index (κ3) is 4.00. The van der Waals surface area contributed by atoms with Crippen molar-refractivity contribution in [2.24, 2.45) is 11.8 Å². The fraction of sp³-hybridized carbons (Fsp3) is 1.00. The molecule has 0 aliphatic heterocycles. The van der Waals surface area contributed by atoms with E-state index in [0.29, 0.717) is 0 Å². The van der Waals surface area contributed by atoms with Gasteiger partial charge in [0, 0.05) is 11.8 Å². The second-order valence-electron chi connectivity index (χ2n) is 5.94. The lowest BCUT2D eigenvalue weighted by Gasteiger charge is -2.42. The number of rotatable bonds is 4. The van der Waals surface area contributed by atoms with E-state index in [-0.39, 0.29) is 45.2 Å². The quantitative estimate of drug-likeness (QED) is 0.172. The molecule has 156 valence electrons. The van der Waals surface area contributed by atoms with Gasteiger partial charge in [-0.15, -0.1) is 0 Å². The molecule has 0 N–H and O–H groups in total. The summed E-state index contributed by atoms with van der Waals surface area (Å²) in [6, 6.07) is 0. The van der Waals surface area contributed by atoms with Gasteiger partial charge in [0.1, 0.15) is 0 Å². The third-order valence-electron chi connectivity index (χ3n) is 4.30. The zero-order valence-corrected chi connectivity index (χ0v) is 16.6. The minimum Gasteiger partial charge on any atom is -0.215 e. The Morgan fingerprint density at radius 3 is 0.808 bits per heavy atom. The Kier molecular flexibility index (Phi) is 6.78. The summed E-state index contributed by atoms with van der Waals surface area (Å²) in [6.07, 6.45) is -16.3. The summed E-state index contributed by atoms with van der Waals surface area (Å²) in [5, 5.41) is 0. The standard InChI is InChI=1S/C12H10F12I2/c13-7(14,9(17,25)11(19,20)21)5-1-2-6(4-3-5)8(15,16)10(18,26)12(22,23)24/h5-6H,1-4H2. The Bertz CT molecular complexity index is 453. The van der Waals surface area contributed by atoms with Crippen molar-refractivity contribution < 1.29 is 52.7 Å². The average molecular weight is 636 g/mol. The van der Waals surface area contributed by atoms with Crippen molar-refractivity contribution in [2.45, 2.75) is 57.2 Å². The van der Waals surface area contributed by atoms with E-state index in [0.717, 1.165) is 0 Å². The Labute approximate surface area is 166 Å². The van der Waals surface area contributed by atoms with Crippen LogP contribution < -0.4 is 0 Å². The van der Waals surface area contributed by atoms with E-state index in [9.17, 15) is 52.7 Å². The molecule has 0 bridgehead atoms. The molecule has 0 aromatic rings. The van der Waals surface area contributed by atoms with E-state index in [1.54, 1.807) is 0 Å². The summed E-state index contributed by atoms with van der Waals surface area (Å²) in [5.41, 5.74) is 0. The fourth-order valence-electron chi connectivity index (χ4n) is 2.71. The summed E-state index contributed by atoms with van der Waals surface area (Å²) >= 11 is -0.255. The normalized spacial score (nSPS) is 28.4. The maximum atomic E-state index is 13.9. The van der Waals surface area contributed by atoms with Crippen LogP contribution in [0.25, 0.3) is 0 Å². The molecule has 1 aliphatic carbocycles. The number of hydrogen-bond donors (Lipinski definition) is 0. The van der Waals surface area contributed by atoms with E-state index in [4.69, 9.17) is 0 Å². The molecule has 0 spiro atoms. The van der Waals surface area contributed by atoms with Crippen molar-refractivity contribution in [1.29, 1.82) is 0 Å². The molecule has 0 heterocycles. The van der Waals surface area contributed by atoms with Gasteiger partial charge in [-0.05, 0) is 70.9 Å². The van der Waals surface area contributed by atoms with Crippen LogP contribution in [0.3, 0.4) is 0 Å². The molecule has 1 aliphatic rings. The third-order valence-corrected chi connectivity index (χ3v) is 6.96. The summed E-state index contributed by atoms with van der Waals surface area (Å²) < 4.78 is 148. The van der Waals surface area contributed by atoms with Crippen LogP contribution in [0.2, 0.25) is 0 Å². The molecular formula is C12H10F12I2. The van der Waals surface area contributed by atoms with Crippen molar-refractivity contribution in [3.8, 4) is 0 Å².